The molecular weight excluding hydrogens is 263 g/mol. The minimum Gasteiger partial charge on any atom is -0.339 e. The maximum atomic E-state index is 12.7. The van der Waals surface area contributed by atoms with Crippen molar-refractivity contribution >= 4 is 5.91 Å². The summed E-state index contributed by atoms with van der Waals surface area (Å²) < 4.78 is 38.8. The van der Waals surface area contributed by atoms with Crippen LogP contribution in [0.25, 0.3) is 0 Å². The number of rotatable bonds is 2. The maximum Gasteiger partial charge on any atom is 0.453 e. The highest BCUT2D eigenvalue weighted by atomic mass is 19.4. The molecule has 0 spiro atoms. The van der Waals surface area contributed by atoms with Crippen LogP contribution in [0.3, 0.4) is 0 Å². The predicted molar refractivity (Wildman–Crippen MR) is 57.9 cm³/mol. The summed E-state index contributed by atoms with van der Waals surface area (Å²) in [6.07, 6.45) is -2.61. The molecule has 104 valence electrons. The molecule has 1 saturated heterocycles. The van der Waals surface area contributed by atoms with Crippen molar-refractivity contribution in [1.29, 1.82) is 0 Å². The normalized spacial score (nSPS) is 17.5. The molecule has 9 heteroatoms. The van der Waals surface area contributed by atoms with Crippen LogP contribution in [0.1, 0.15) is 24.7 Å². The number of hydrogen-bond acceptors (Lipinski definition) is 4. The van der Waals surface area contributed by atoms with Crippen molar-refractivity contribution in [1.82, 2.24) is 25.1 Å². The van der Waals surface area contributed by atoms with Gasteiger partial charge in [0.05, 0.1) is 6.04 Å². The van der Waals surface area contributed by atoms with Crippen molar-refractivity contribution in [2.45, 2.75) is 25.1 Å². The Labute approximate surface area is 106 Å². The average Bonchev–Trinajstić information content (AvgIpc) is 2.87. The molecule has 0 aliphatic carbocycles. The molecule has 0 radical (unpaired) electrons. The van der Waals surface area contributed by atoms with Crippen LogP contribution in [0.4, 0.5) is 13.2 Å². The zero-order chi connectivity index (χ0) is 14.0. The summed E-state index contributed by atoms with van der Waals surface area (Å²) >= 11 is 0. The Balaban J connectivity index is 2.08. The number of carbonyl (C=O) groups is 1. The van der Waals surface area contributed by atoms with E-state index in [1.54, 1.807) is 4.90 Å². The minimum absolute atomic E-state index is 0.216. The summed E-state index contributed by atoms with van der Waals surface area (Å²) in [5.74, 6) is -1.31. The molecule has 0 N–H and O–H groups in total. The van der Waals surface area contributed by atoms with Gasteiger partial charge in [-0.15, -0.1) is 5.10 Å². The lowest BCUT2D eigenvalue weighted by Gasteiger charge is -2.31. The quantitative estimate of drug-likeness (QED) is 0.756. The second-order valence-corrected chi connectivity index (χ2v) is 4.21. The van der Waals surface area contributed by atoms with Crippen molar-refractivity contribution in [3.63, 3.8) is 0 Å². The first-order valence-electron chi connectivity index (χ1n) is 5.70. The number of amides is 1. The lowest BCUT2D eigenvalue weighted by molar-refractivity contribution is -0.149. The second kappa shape index (κ2) is 4.98. The summed E-state index contributed by atoms with van der Waals surface area (Å²) in [5.41, 5.74) is 0. The molecule has 19 heavy (non-hydrogen) atoms. The SMILES string of the molecule is C=CC(=O)N1CCC(n2nnnc2C(F)(F)F)CC1. The van der Waals surface area contributed by atoms with Crippen LogP contribution in [0.5, 0.6) is 0 Å². The lowest BCUT2D eigenvalue weighted by Crippen LogP contribution is -2.39. The highest BCUT2D eigenvalue weighted by Crippen LogP contribution is 2.31. The number of aromatic nitrogens is 4. The molecule has 2 heterocycles. The minimum atomic E-state index is -4.57. The number of halogens is 3. The van der Waals surface area contributed by atoms with Crippen LogP contribution in [-0.4, -0.2) is 44.1 Å². The number of piperidine rings is 1. The van der Waals surface area contributed by atoms with E-state index in [0.717, 1.165) is 4.68 Å². The first kappa shape index (κ1) is 13.5. The van der Waals surface area contributed by atoms with Gasteiger partial charge in [-0.3, -0.25) is 4.79 Å². The molecule has 0 aromatic carbocycles. The number of hydrogen-bond donors (Lipinski definition) is 0. The third kappa shape index (κ3) is 2.74. The van der Waals surface area contributed by atoms with E-state index in [2.05, 4.69) is 22.1 Å². The largest absolute Gasteiger partial charge is 0.453 e. The number of alkyl halides is 3. The number of tetrazole rings is 1. The Kier molecular flexibility index (Phi) is 3.54. The van der Waals surface area contributed by atoms with Crippen LogP contribution in [0, 0.1) is 0 Å². The Morgan fingerprint density at radius 3 is 2.53 bits per heavy atom. The third-order valence-electron chi connectivity index (χ3n) is 3.04. The smallest absolute Gasteiger partial charge is 0.339 e. The third-order valence-corrected chi connectivity index (χ3v) is 3.04. The summed E-state index contributed by atoms with van der Waals surface area (Å²) in [4.78, 5) is 12.9. The molecule has 1 fully saturated rings. The Morgan fingerprint density at radius 2 is 2.00 bits per heavy atom. The average molecular weight is 275 g/mol. The van der Waals surface area contributed by atoms with E-state index in [4.69, 9.17) is 0 Å². The summed E-state index contributed by atoms with van der Waals surface area (Å²) in [7, 11) is 0. The molecule has 0 unspecified atom stereocenters. The van der Waals surface area contributed by atoms with Crippen molar-refractivity contribution in [3.8, 4) is 0 Å². The first-order chi connectivity index (χ1) is 8.93. The van der Waals surface area contributed by atoms with Crippen molar-refractivity contribution < 1.29 is 18.0 Å². The molecule has 0 bridgehead atoms. The molecule has 1 aliphatic heterocycles. The van der Waals surface area contributed by atoms with Gasteiger partial charge in [0, 0.05) is 13.1 Å². The van der Waals surface area contributed by atoms with Gasteiger partial charge in [0.15, 0.2) is 0 Å². The van der Waals surface area contributed by atoms with E-state index in [1.165, 1.54) is 6.08 Å². The van der Waals surface area contributed by atoms with Crippen LogP contribution in [-0.2, 0) is 11.0 Å². The number of carbonyl (C=O) groups excluding carboxylic acids is 1. The summed E-state index contributed by atoms with van der Waals surface area (Å²) in [6, 6.07) is -0.444. The molecule has 1 amide bonds. The highest BCUT2D eigenvalue weighted by molar-refractivity contribution is 5.87. The van der Waals surface area contributed by atoms with E-state index in [-0.39, 0.29) is 5.91 Å². The topological polar surface area (TPSA) is 63.9 Å². The Bertz CT molecular complexity index is 476. The monoisotopic (exact) mass is 275 g/mol. The van der Waals surface area contributed by atoms with Gasteiger partial charge in [0.25, 0.3) is 5.82 Å². The maximum absolute atomic E-state index is 12.7. The second-order valence-electron chi connectivity index (χ2n) is 4.21. The van der Waals surface area contributed by atoms with Gasteiger partial charge >= 0.3 is 6.18 Å². The van der Waals surface area contributed by atoms with Gasteiger partial charge in [0.2, 0.25) is 5.91 Å². The molecule has 0 atom stereocenters. The lowest BCUT2D eigenvalue weighted by atomic mass is 10.1. The van der Waals surface area contributed by atoms with E-state index in [0.29, 0.717) is 25.9 Å². The molecule has 1 aromatic heterocycles. The van der Waals surface area contributed by atoms with Crippen molar-refractivity contribution in [2.75, 3.05) is 13.1 Å². The van der Waals surface area contributed by atoms with E-state index in [9.17, 15) is 18.0 Å². The van der Waals surface area contributed by atoms with E-state index >= 15 is 0 Å². The van der Waals surface area contributed by atoms with Gasteiger partial charge in [-0.1, -0.05) is 6.58 Å². The molecule has 1 aliphatic rings. The van der Waals surface area contributed by atoms with Crippen LogP contribution < -0.4 is 0 Å². The zero-order valence-corrected chi connectivity index (χ0v) is 9.97. The fourth-order valence-corrected chi connectivity index (χ4v) is 2.09. The standard InChI is InChI=1S/C10H12F3N5O/c1-2-8(19)17-5-3-7(4-6-17)18-9(10(11,12)13)14-15-16-18/h2,7H,1,3-6H2. The van der Waals surface area contributed by atoms with Gasteiger partial charge in [-0.25, -0.2) is 4.68 Å². The first-order valence-corrected chi connectivity index (χ1v) is 5.70. The van der Waals surface area contributed by atoms with Crippen LogP contribution in [0.2, 0.25) is 0 Å². The molecule has 6 nitrogen and oxygen atoms in total. The summed E-state index contributed by atoms with van der Waals surface area (Å²) in [5, 5.41) is 9.50. The van der Waals surface area contributed by atoms with Crippen LogP contribution >= 0.6 is 0 Å². The fourth-order valence-electron chi connectivity index (χ4n) is 2.09. The van der Waals surface area contributed by atoms with Crippen molar-refractivity contribution in [3.05, 3.63) is 18.5 Å². The van der Waals surface area contributed by atoms with Gasteiger partial charge in [-0.2, -0.15) is 13.2 Å². The van der Waals surface area contributed by atoms with E-state index in [1.807, 2.05) is 0 Å². The van der Waals surface area contributed by atoms with Gasteiger partial charge in [0.1, 0.15) is 0 Å². The number of nitrogens with zero attached hydrogens (tertiary/aromatic N) is 5. The molecule has 1 aromatic rings. The molecule has 0 saturated carbocycles. The van der Waals surface area contributed by atoms with Gasteiger partial charge in [-0.05, 0) is 29.3 Å². The Hall–Kier alpha value is -1.93. The van der Waals surface area contributed by atoms with E-state index < -0.39 is 18.0 Å². The van der Waals surface area contributed by atoms with Crippen LogP contribution in [0.15, 0.2) is 12.7 Å². The number of likely N-dealkylation sites (tertiary alicyclic amines) is 1. The fraction of sp³-hybridized carbons (Fsp3) is 0.600. The highest BCUT2D eigenvalue weighted by Gasteiger charge is 2.40. The predicted octanol–water partition coefficient (Wildman–Crippen LogP) is 1.04. The van der Waals surface area contributed by atoms with Crippen molar-refractivity contribution in [2.24, 2.45) is 0 Å². The summed E-state index contributed by atoms with van der Waals surface area (Å²) in [6.45, 7) is 4.11. The van der Waals surface area contributed by atoms with Gasteiger partial charge < -0.3 is 4.90 Å². The molecular formula is C10H12F3N5O. The zero-order valence-electron chi connectivity index (χ0n) is 9.97. The Morgan fingerprint density at radius 1 is 1.37 bits per heavy atom. The molecule has 2 rings (SSSR count).